The first-order chi connectivity index (χ1) is 7.34. The highest BCUT2D eigenvalue weighted by Crippen LogP contribution is 2.35. The van der Waals surface area contributed by atoms with Crippen molar-refractivity contribution in [3.05, 3.63) is 47.4 Å². The Labute approximate surface area is 96.8 Å². The highest BCUT2D eigenvalue weighted by atomic mass is 32.2. The van der Waals surface area contributed by atoms with Gasteiger partial charge in [0.25, 0.3) is 0 Å². The first-order valence-electron chi connectivity index (χ1n) is 5.73. The van der Waals surface area contributed by atoms with Crippen molar-refractivity contribution in [3.8, 4) is 0 Å². The summed E-state index contributed by atoms with van der Waals surface area (Å²) in [4.78, 5) is 1.39. The van der Waals surface area contributed by atoms with E-state index in [4.69, 9.17) is 0 Å². The number of rotatable bonds is 3. The third kappa shape index (κ3) is 3.42. The molecule has 1 fully saturated rings. The summed E-state index contributed by atoms with van der Waals surface area (Å²) in [7, 11) is 0. The lowest BCUT2D eigenvalue weighted by Crippen LogP contribution is -2.09. The van der Waals surface area contributed by atoms with Crippen LogP contribution in [-0.4, -0.2) is 5.25 Å². The standard InChI is InChI=1S/C14H18S/c1-12-6-5-9-14(15-12)11-10-13-7-3-2-4-8-13/h2-4,7-8,14H,1,5-6,9-11H2. The van der Waals surface area contributed by atoms with Gasteiger partial charge in [0.15, 0.2) is 0 Å². The molecule has 0 N–H and O–H groups in total. The summed E-state index contributed by atoms with van der Waals surface area (Å²) in [6.45, 7) is 4.08. The Morgan fingerprint density at radius 3 is 2.80 bits per heavy atom. The van der Waals surface area contributed by atoms with Crippen molar-refractivity contribution < 1.29 is 0 Å². The number of benzene rings is 1. The van der Waals surface area contributed by atoms with Gasteiger partial charge in [-0.2, -0.15) is 0 Å². The van der Waals surface area contributed by atoms with E-state index >= 15 is 0 Å². The molecular weight excluding hydrogens is 200 g/mol. The number of hydrogen-bond acceptors (Lipinski definition) is 1. The molecule has 15 heavy (non-hydrogen) atoms. The number of thioether (sulfide) groups is 1. The van der Waals surface area contributed by atoms with E-state index in [1.54, 1.807) is 0 Å². The molecule has 0 aliphatic carbocycles. The SMILES string of the molecule is C=C1CCCC(CCc2ccccc2)S1. The largest absolute Gasteiger partial charge is 0.128 e. The van der Waals surface area contributed by atoms with E-state index in [1.807, 2.05) is 11.8 Å². The Morgan fingerprint density at radius 2 is 2.07 bits per heavy atom. The second-order valence-corrected chi connectivity index (χ2v) is 5.67. The second-order valence-electron chi connectivity index (χ2n) is 4.20. The monoisotopic (exact) mass is 218 g/mol. The first-order valence-corrected chi connectivity index (χ1v) is 6.61. The molecule has 0 aromatic heterocycles. The lowest BCUT2D eigenvalue weighted by molar-refractivity contribution is 0.646. The van der Waals surface area contributed by atoms with Gasteiger partial charge in [-0.1, -0.05) is 36.9 Å². The topological polar surface area (TPSA) is 0 Å². The Bertz CT molecular complexity index is 315. The smallest absolute Gasteiger partial charge is 0.00942 e. The molecule has 0 saturated carbocycles. The summed E-state index contributed by atoms with van der Waals surface area (Å²) < 4.78 is 0. The molecule has 0 nitrogen and oxygen atoms in total. The predicted octanol–water partition coefficient (Wildman–Crippen LogP) is 4.42. The molecule has 1 aromatic rings. The molecule has 2 rings (SSSR count). The van der Waals surface area contributed by atoms with Crippen LogP contribution in [0.15, 0.2) is 41.8 Å². The van der Waals surface area contributed by atoms with Gasteiger partial charge >= 0.3 is 0 Å². The van der Waals surface area contributed by atoms with E-state index in [0.29, 0.717) is 0 Å². The van der Waals surface area contributed by atoms with E-state index in [2.05, 4.69) is 36.9 Å². The molecular formula is C14H18S. The molecule has 1 aromatic carbocycles. The maximum Gasteiger partial charge on any atom is 0.00942 e. The zero-order valence-corrected chi connectivity index (χ0v) is 9.93. The summed E-state index contributed by atoms with van der Waals surface area (Å²) >= 11 is 2.01. The summed E-state index contributed by atoms with van der Waals surface area (Å²) in [5, 5.41) is 0.812. The Hall–Kier alpha value is -0.690. The van der Waals surface area contributed by atoms with Crippen molar-refractivity contribution in [2.45, 2.75) is 37.4 Å². The minimum Gasteiger partial charge on any atom is -0.128 e. The average molecular weight is 218 g/mol. The minimum atomic E-state index is 0.812. The lowest BCUT2D eigenvalue weighted by atomic mass is 10.0. The van der Waals surface area contributed by atoms with Crippen LogP contribution in [-0.2, 0) is 6.42 Å². The molecule has 1 aliphatic rings. The van der Waals surface area contributed by atoms with Crippen molar-refractivity contribution in [3.63, 3.8) is 0 Å². The third-order valence-corrected chi connectivity index (χ3v) is 4.26. The van der Waals surface area contributed by atoms with Crippen molar-refractivity contribution in [2.75, 3.05) is 0 Å². The molecule has 1 unspecified atom stereocenters. The molecule has 0 spiro atoms. The van der Waals surface area contributed by atoms with Crippen LogP contribution in [0.2, 0.25) is 0 Å². The zero-order chi connectivity index (χ0) is 10.5. The fourth-order valence-electron chi connectivity index (χ4n) is 2.06. The van der Waals surface area contributed by atoms with Gasteiger partial charge in [0.2, 0.25) is 0 Å². The van der Waals surface area contributed by atoms with Crippen LogP contribution in [0.3, 0.4) is 0 Å². The van der Waals surface area contributed by atoms with Gasteiger partial charge in [-0.15, -0.1) is 11.8 Å². The predicted molar refractivity (Wildman–Crippen MR) is 69.1 cm³/mol. The van der Waals surface area contributed by atoms with Gasteiger partial charge in [0.1, 0.15) is 0 Å². The second kappa shape index (κ2) is 5.41. The fourth-order valence-corrected chi connectivity index (χ4v) is 3.31. The maximum absolute atomic E-state index is 4.08. The summed E-state index contributed by atoms with van der Waals surface area (Å²) in [5.41, 5.74) is 1.47. The van der Waals surface area contributed by atoms with E-state index in [1.165, 1.54) is 42.6 Å². The molecule has 1 atom stereocenters. The molecule has 1 heterocycles. The Balaban J connectivity index is 1.80. The van der Waals surface area contributed by atoms with Gasteiger partial charge in [-0.3, -0.25) is 0 Å². The highest BCUT2D eigenvalue weighted by Gasteiger charge is 2.15. The molecule has 1 aliphatic heterocycles. The van der Waals surface area contributed by atoms with Crippen LogP contribution >= 0.6 is 11.8 Å². The van der Waals surface area contributed by atoms with Crippen LogP contribution in [0.4, 0.5) is 0 Å². The molecule has 1 saturated heterocycles. The van der Waals surface area contributed by atoms with Crippen molar-refractivity contribution in [2.24, 2.45) is 0 Å². The number of aryl methyl sites for hydroxylation is 1. The lowest BCUT2D eigenvalue weighted by Gasteiger charge is -2.22. The summed E-state index contributed by atoms with van der Waals surface area (Å²) in [5.74, 6) is 0. The van der Waals surface area contributed by atoms with Gasteiger partial charge in [-0.25, -0.2) is 0 Å². The van der Waals surface area contributed by atoms with Crippen LogP contribution in [0.1, 0.15) is 31.2 Å². The quantitative estimate of drug-likeness (QED) is 0.723. The normalized spacial score (nSPS) is 21.6. The number of hydrogen-bond donors (Lipinski definition) is 0. The van der Waals surface area contributed by atoms with Gasteiger partial charge < -0.3 is 0 Å². The van der Waals surface area contributed by atoms with Gasteiger partial charge in [0, 0.05) is 5.25 Å². The molecule has 0 bridgehead atoms. The molecule has 0 radical (unpaired) electrons. The van der Waals surface area contributed by atoms with Crippen molar-refractivity contribution in [1.29, 1.82) is 0 Å². The zero-order valence-electron chi connectivity index (χ0n) is 9.11. The van der Waals surface area contributed by atoms with Gasteiger partial charge in [-0.05, 0) is 42.6 Å². The van der Waals surface area contributed by atoms with E-state index in [0.717, 1.165) is 5.25 Å². The maximum atomic E-state index is 4.08. The van der Waals surface area contributed by atoms with Crippen LogP contribution in [0, 0.1) is 0 Å². The van der Waals surface area contributed by atoms with Crippen LogP contribution in [0.5, 0.6) is 0 Å². The van der Waals surface area contributed by atoms with E-state index < -0.39 is 0 Å². The van der Waals surface area contributed by atoms with Crippen LogP contribution in [0.25, 0.3) is 0 Å². The molecule has 80 valence electrons. The number of allylic oxidation sites excluding steroid dienone is 1. The first kappa shape index (κ1) is 10.8. The Kier molecular flexibility index (Phi) is 3.90. The highest BCUT2D eigenvalue weighted by molar-refractivity contribution is 8.03. The third-order valence-electron chi connectivity index (χ3n) is 2.91. The van der Waals surface area contributed by atoms with E-state index in [-0.39, 0.29) is 0 Å². The average Bonchev–Trinajstić information content (AvgIpc) is 2.28. The van der Waals surface area contributed by atoms with Crippen molar-refractivity contribution in [1.82, 2.24) is 0 Å². The Morgan fingerprint density at radius 1 is 1.27 bits per heavy atom. The van der Waals surface area contributed by atoms with Gasteiger partial charge in [0.05, 0.1) is 0 Å². The summed E-state index contributed by atoms with van der Waals surface area (Å²) in [6.07, 6.45) is 6.45. The fraction of sp³-hybridized carbons (Fsp3) is 0.429. The molecule has 1 heteroatoms. The van der Waals surface area contributed by atoms with E-state index in [9.17, 15) is 0 Å². The molecule has 0 amide bonds. The van der Waals surface area contributed by atoms with Crippen LogP contribution < -0.4 is 0 Å². The van der Waals surface area contributed by atoms with Crippen molar-refractivity contribution >= 4 is 11.8 Å². The minimum absolute atomic E-state index is 0.812. The summed E-state index contributed by atoms with van der Waals surface area (Å²) in [6, 6.07) is 10.8.